The third kappa shape index (κ3) is 3.35. The smallest absolute Gasteiger partial charge is 0.337 e. The van der Waals surface area contributed by atoms with E-state index in [2.05, 4.69) is 15.4 Å². The minimum atomic E-state index is -0.444. The molecule has 2 aromatic rings. The zero-order valence-corrected chi connectivity index (χ0v) is 14.6. The van der Waals surface area contributed by atoms with Crippen LogP contribution in [0.5, 0.6) is 0 Å². The van der Waals surface area contributed by atoms with Gasteiger partial charge in [-0.3, -0.25) is 4.79 Å². The predicted octanol–water partition coefficient (Wildman–Crippen LogP) is 2.93. The van der Waals surface area contributed by atoms with E-state index in [1.807, 2.05) is 6.07 Å². The Kier molecular flexibility index (Phi) is 4.74. The first kappa shape index (κ1) is 17.0. The molecule has 3 rings (SSSR count). The number of carbonyl (C=O) groups excluding carboxylic acids is 2. The van der Waals surface area contributed by atoms with Crippen molar-refractivity contribution in [3.05, 3.63) is 40.8 Å². The summed E-state index contributed by atoms with van der Waals surface area (Å²) < 4.78 is 9.85. The Morgan fingerprint density at radius 2 is 1.96 bits per heavy atom. The Labute approximate surface area is 145 Å². The van der Waals surface area contributed by atoms with Crippen LogP contribution in [-0.2, 0) is 4.74 Å². The number of aromatic nitrogens is 1. The molecule has 1 aromatic heterocycles. The maximum atomic E-state index is 12.7. The number of hydrogen-bond acceptors (Lipinski definition) is 6. The summed E-state index contributed by atoms with van der Waals surface area (Å²) in [6.07, 6.45) is 2.21. The Balaban J connectivity index is 1.96. The van der Waals surface area contributed by atoms with E-state index in [4.69, 9.17) is 9.26 Å². The summed E-state index contributed by atoms with van der Waals surface area (Å²) in [5.74, 6) is -0.290. The molecule has 0 unspecified atom stereocenters. The van der Waals surface area contributed by atoms with Crippen LogP contribution >= 0.6 is 0 Å². The summed E-state index contributed by atoms with van der Waals surface area (Å²) in [6, 6.07) is 5.21. The minimum Gasteiger partial charge on any atom is -0.465 e. The van der Waals surface area contributed by atoms with Gasteiger partial charge in [0.25, 0.3) is 5.91 Å². The van der Waals surface area contributed by atoms with Gasteiger partial charge in [0.15, 0.2) is 0 Å². The van der Waals surface area contributed by atoms with Crippen LogP contribution < -0.4 is 10.2 Å². The second-order valence-electron chi connectivity index (χ2n) is 6.07. The Morgan fingerprint density at radius 3 is 2.56 bits per heavy atom. The largest absolute Gasteiger partial charge is 0.465 e. The molecule has 1 aromatic carbocycles. The van der Waals surface area contributed by atoms with Gasteiger partial charge in [0.2, 0.25) is 0 Å². The molecular weight excluding hydrogens is 322 g/mol. The molecule has 1 amide bonds. The summed E-state index contributed by atoms with van der Waals surface area (Å²) in [5.41, 5.74) is 2.80. The second-order valence-corrected chi connectivity index (χ2v) is 6.07. The fourth-order valence-corrected chi connectivity index (χ4v) is 3.11. The normalized spacial score (nSPS) is 13.8. The maximum absolute atomic E-state index is 12.7. The molecule has 25 heavy (non-hydrogen) atoms. The average molecular weight is 343 g/mol. The van der Waals surface area contributed by atoms with E-state index in [0.717, 1.165) is 31.6 Å². The molecule has 0 atom stereocenters. The van der Waals surface area contributed by atoms with E-state index in [1.54, 1.807) is 26.0 Å². The molecule has 7 nitrogen and oxygen atoms in total. The molecular formula is C18H21N3O4. The zero-order chi connectivity index (χ0) is 18.0. The molecule has 0 saturated carbocycles. The van der Waals surface area contributed by atoms with Gasteiger partial charge in [0.05, 0.1) is 29.7 Å². The molecule has 0 aliphatic carbocycles. The molecule has 0 radical (unpaired) electrons. The van der Waals surface area contributed by atoms with Crippen molar-refractivity contribution in [2.45, 2.75) is 26.7 Å². The van der Waals surface area contributed by atoms with Gasteiger partial charge in [-0.1, -0.05) is 5.16 Å². The molecule has 1 saturated heterocycles. The molecule has 132 valence electrons. The van der Waals surface area contributed by atoms with Crippen molar-refractivity contribution < 1.29 is 18.8 Å². The van der Waals surface area contributed by atoms with E-state index in [-0.39, 0.29) is 5.91 Å². The van der Waals surface area contributed by atoms with Gasteiger partial charge in [0, 0.05) is 13.1 Å². The van der Waals surface area contributed by atoms with Crippen molar-refractivity contribution in [3.8, 4) is 0 Å². The lowest BCUT2D eigenvalue weighted by atomic mass is 10.1. The number of benzene rings is 1. The van der Waals surface area contributed by atoms with Crippen LogP contribution in [-0.4, -0.2) is 37.2 Å². The highest BCUT2D eigenvalue weighted by atomic mass is 16.5. The molecule has 0 bridgehead atoms. The number of rotatable bonds is 4. The fraction of sp³-hybridized carbons (Fsp3) is 0.389. The third-order valence-electron chi connectivity index (χ3n) is 4.37. The molecule has 1 aliphatic rings. The van der Waals surface area contributed by atoms with Crippen LogP contribution in [0.1, 0.15) is 45.0 Å². The molecule has 2 heterocycles. The van der Waals surface area contributed by atoms with Crippen LogP contribution in [0, 0.1) is 13.8 Å². The summed E-state index contributed by atoms with van der Waals surface area (Å²) >= 11 is 0. The standard InChI is InChI=1S/C18H21N3O4/c1-11-16(12(2)25-20-11)17(22)19-14-10-13(18(23)24-3)6-7-15(14)21-8-4-5-9-21/h6-7,10H,4-5,8-9H2,1-3H3,(H,19,22). The van der Waals surface area contributed by atoms with Crippen LogP contribution in [0.25, 0.3) is 0 Å². The summed E-state index contributed by atoms with van der Waals surface area (Å²) in [5, 5.41) is 6.72. The van der Waals surface area contributed by atoms with E-state index in [9.17, 15) is 9.59 Å². The summed E-state index contributed by atoms with van der Waals surface area (Å²) in [7, 11) is 1.33. The number of nitrogens with zero attached hydrogens (tertiary/aromatic N) is 2. The number of amides is 1. The van der Waals surface area contributed by atoms with Gasteiger partial charge in [-0.05, 0) is 44.9 Å². The number of ether oxygens (including phenoxy) is 1. The van der Waals surface area contributed by atoms with Crippen molar-refractivity contribution in [3.63, 3.8) is 0 Å². The molecule has 1 N–H and O–H groups in total. The van der Waals surface area contributed by atoms with Gasteiger partial charge >= 0.3 is 5.97 Å². The third-order valence-corrected chi connectivity index (χ3v) is 4.37. The molecule has 7 heteroatoms. The average Bonchev–Trinajstić information content (AvgIpc) is 3.24. The fourth-order valence-electron chi connectivity index (χ4n) is 3.11. The van der Waals surface area contributed by atoms with Crippen molar-refractivity contribution in [2.75, 3.05) is 30.4 Å². The highest BCUT2D eigenvalue weighted by Crippen LogP contribution is 2.31. The van der Waals surface area contributed by atoms with E-state index >= 15 is 0 Å². The lowest BCUT2D eigenvalue weighted by Crippen LogP contribution is -2.22. The molecule has 1 aliphatic heterocycles. The van der Waals surface area contributed by atoms with Gasteiger partial charge in [0.1, 0.15) is 11.3 Å². The van der Waals surface area contributed by atoms with Crippen LogP contribution in [0.2, 0.25) is 0 Å². The van der Waals surface area contributed by atoms with Crippen molar-refractivity contribution in [2.24, 2.45) is 0 Å². The van der Waals surface area contributed by atoms with Crippen molar-refractivity contribution >= 4 is 23.3 Å². The summed E-state index contributed by atoms with van der Waals surface area (Å²) in [6.45, 7) is 5.26. The molecule has 0 spiro atoms. The lowest BCUT2D eigenvalue weighted by molar-refractivity contribution is 0.0600. The first-order chi connectivity index (χ1) is 12.0. The maximum Gasteiger partial charge on any atom is 0.337 e. The Bertz CT molecular complexity index is 787. The van der Waals surface area contributed by atoms with Gasteiger partial charge in [-0.25, -0.2) is 4.79 Å². The SMILES string of the molecule is COC(=O)c1ccc(N2CCCC2)c(NC(=O)c2c(C)noc2C)c1. The van der Waals surface area contributed by atoms with Gasteiger partial charge in [-0.2, -0.15) is 0 Å². The van der Waals surface area contributed by atoms with Crippen LogP contribution in [0.15, 0.2) is 22.7 Å². The number of nitrogens with one attached hydrogen (secondary N) is 1. The number of esters is 1. The van der Waals surface area contributed by atoms with Crippen molar-refractivity contribution in [1.29, 1.82) is 0 Å². The zero-order valence-electron chi connectivity index (χ0n) is 14.6. The molecule has 1 fully saturated rings. The first-order valence-electron chi connectivity index (χ1n) is 8.23. The lowest BCUT2D eigenvalue weighted by Gasteiger charge is -2.22. The predicted molar refractivity (Wildman–Crippen MR) is 93.2 cm³/mol. The number of carbonyl (C=O) groups is 2. The number of anilines is 2. The highest BCUT2D eigenvalue weighted by molar-refractivity contribution is 6.08. The van der Waals surface area contributed by atoms with Gasteiger partial charge < -0.3 is 19.5 Å². The van der Waals surface area contributed by atoms with Gasteiger partial charge in [-0.15, -0.1) is 0 Å². The Morgan fingerprint density at radius 1 is 1.24 bits per heavy atom. The van der Waals surface area contributed by atoms with Crippen LogP contribution in [0.3, 0.4) is 0 Å². The number of hydrogen-bond donors (Lipinski definition) is 1. The number of methoxy groups -OCH3 is 1. The highest BCUT2D eigenvalue weighted by Gasteiger charge is 2.22. The second kappa shape index (κ2) is 6.96. The van der Waals surface area contributed by atoms with E-state index in [0.29, 0.717) is 28.3 Å². The van der Waals surface area contributed by atoms with Crippen molar-refractivity contribution in [1.82, 2.24) is 5.16 Å². The quantitative estimate of drug-likeness (QED) is 0.859. The monoisotopic (exact) mass is 343 g/mol. The van der Waals surface area contributed by atoms with E-state index in [1.165, 1.54) is 7.11 Å². The van der Waals surface area contributed by atoms with E-state index < -0.39 is 5.97 Å². The first-order valence-corrected chi connectivity index (χ1v) is 8.23. The van der Waals surface area contributed by atoms with Crippen LogP contribution in [0.4, 0.5) is 11.4 Å². The topological polar surface area (TPSA) is 84.7 Å². The summed E-state index contributed by atoms with van der Waals surface area (Å²) in [4.78, 5) is 26.7. The minimum absolute atomic E-state index is 0.307. The number of aryl methyl sites for hydroxylation is 2. The Hall–Kier alpha value is -2.83.